The van der Waals surface area contributed by atoms with Crippen LogP contribution in [0.5, 0.6) is 5.75 Å². The first-order valence-corrected chi connectivity index (χ1v) is 13.7. The third kappa shape index (κ3) is 8.91. The summed E-state index contributed by atoms with van der Waals surface area (Å²) < 4.78 is 33.5. The van der Waals surface area contributed by atoms with Crippen molar-refractivity contribution >= 4 is 21.7 Å². The van der Waals surface area contributed by atoms with Crippen LogP contribution in [0.25, 0.3) is 0 Å². The Labute approximate surface area is 202 Å². The van der Waals surface area contributed by atoms with Gasteiger partial charge in [0.25, 0.3) is 10.1 Å². The Morgan fingerprint density at radius 1 is 1.18 bits per heavy atom. The molecule has 2 aromatic carbocycles. The molecule has 4 N–H and O–H groups in total. The topological polar surface area (TPSA) is 102 Å². The summed E-state index contributed by atoms with van der Waals surface area (Å²) in [6, 6.07) is 15.5. The standard InChI is InChI=1S/C22H27ClN2O.C3H8O3S/c23-17-3-1-2-15(12-17)13-21-20-14-19(26-11-10-25-18-6-7-18)8-4-16(20)5-9-22(21)24;1-2-3-7(4,5)6/h1-4,8,12,14,18,21-22,25H,5-7,9-11,13,24H2;2-3H2,1H3,(H,4,5,6). The Morgan fingerprint density at radius 2 is 1.97 bits per heavy atom. The van der Waals surface area contributed by atoms with Crippen LogP contribution in [-0.4, -0.2) is 44.0 Å². The Hall–Kier alpha value is -1.64. The molecule has 2 aromatic rings. The van der Waals surface area contributed by atoms with E-state index in [0.717, 1.165) is 42.6 Å². The van der Waals surface area contributed by atoms with Crippen molar-refractivity contribution in [3.8, 4) is 5.75 Å². The lowest BCUT2D eigenvalue weighted by molar-refractivity contribution is 0.312. The third-order valence-corrected chi connectivity index (χ3v) is 7.13. The zero-order valence-electron chi connectivity index (χ0n) is 19.2. The van der Waals surface area contributed by atoms with E-state index in [1.54, 1.807) is 6.92 Å². The van der Waals surface area contributed by atoms with Crippen molar-refractivity contribution in [1.29, 1.82) is 0 Å². The number of nitrogens with one attached hydrogen (secondary N) is 1. The van der Waals surface area contributed by atoms with Crippen LogP contribution in [0.15, 0.2) is 42.5 Å². The first-order valence-electron chi connectivity index (χ1n) is 11.7. The number of fused-ring (bicyclic) bond motifs is 1. The summed E-state index contributed by atoms with van der Waals surface area (Å²) in [6.07, 6.45) is 6.08. The highest BCUT2D eigenvalue weighted by Gasteiger charge is 2.28. The van der Waals surface area contributed by atoms with Gasteiger partial charge in [-0.25, -0.2) is 0 Å². The van der Waals surface area contributed by atoms with Gasteiger partial charge in [0.1, 0.15) is 12.4 Å². The minimum Gasteiger partial charge on any atom is -0.492 e. The summed E-state index contributed by atoms with van der Waals surface area (Å²) in [7, 11) is -3.67. The maximum absolute atomic E-state index is 9.79. The van der Waals surface area contributed by atoms with E-state index in [4.69, 9.17) is 26.6 Å². The van der Waals surface area contributed by atoms with Crippen molar-refractivity contribution < 1.29 is 17.7 Å². The molecular formula is C25H35ClN2O4S. The van der Waals surface area contributed by atoms with Crippen molar-refractivity contribution in [2.45, 2.75) is 63.5 Å². The quantitative estimate of drug-likeness (QED) is 0.353. The number of halogens is 1. The van der Waals surface area contributed by atoms with Gasteiger partial charge >= 0.3 is 0 Å². The molecule has 0 bridgehead atoms. The summed E-state index contributed by atoms with van der Waals surface area (Å²) >= 11 is 6.16. The van der Waals surface area contributed by atoms with Crippen LogP contribution in [0.1, 0.15) is 55.2 Å². The van der Waals surface area contributed by atoms with Crippen LogP contribution in [-0.2, 0) is 23.0 Å². The molecule has 2 aliphatic carbocycles. The summed E-state index contributed by atoms with van der Waals surface area (Å²) in [6.45, 7) is 3.31. The molecule has 4 rings (SSSR count). The second-order valence-electron chi connectivity index (χ2n) is 8.87. The average Bonchev–Trinajstić information content (AvgIpc) is 3.57. The van der Waals surface area contributed by atoms with Gasteiger partial charge in [0.05, 0.1) is 5.75 Å². The normalized spacial score (nSPS) is 19.9. The van der Waals surface area contributed by atoms with Crippen molar-refractivity contribution in [3.05, 3.63) is 64.2 Å². The van der Waals surface area contributed by atoms with Gasteiger partial charge in [-0.05, 0) is 79.5 Å². The van der Waals surface area contributed by atoms with Crippen LogP contribution in [0.4, 0.5) is 0 Å². The first kappa shape index (κ1) is 26.0. The average molecular weight is 495 g/mol. The molecule has 1 saturated carbocycles. The van der Waals surface area contributed by atoms with Gasteiger partial charge < -0.3 is 15.8 Å². The SMILES string of the molecule is CCCS(=O)(=O)O.NC1CCc2ccc(OCCNC3CC3)cc2C1Cc1cccc(Cl)c1. The summed E-state index contributed by atoms with van der Waals surface area (Å²) in [5.41, 5.74) is 10.5. The summed E-state index contributed by atoms with van der Waals surface area (Å²) in [4.78, 5) is 0. The van der Waals surface area contributed by atoms with E-state index in [9.17, 15) is 8.42 Å². The largest absolute Gasteiger partial charge is 0.492 e. The number of aryl methyl sites for hydroxylation is 1. The molecule has 0 radical (unpaired) electrons. The lowest BCUT2D eigenvalue weighted by atomic mass is 9.76. The highest BCUT2D eigenvalue weighted by atomic mass is 35.5. The number of rotatable bonds is 9. The maximum Gasteiger partial charge on any atom is 0.264 e. The van der Waals surface area contributed by atoms with Gasteiger partial charge in [-0.3, -0.25) is 4.55 Å². The Morgan fingerprint density at radius 3 is 2.61 bits per heavy atom. The lowest BCUT2D eigenvalue weighted by Gasteiger charge is -2.32. The van der Waals surface area contributed by atoms with Gasteiger partial charge in [0.2, 0.25) is 0 Å². The van der Waals surface area contributed by atoms with E-state index in [1.165, 1.54) is 29.5 Å². The molecular weight excluding hydrogens is 460 g/mol. The summed E-state index contributed by atoms with van der Waals surface area (Å²) in [5, 5.41) is 4.27. The minimum atomic E-state index is -3.67. The number of hydrogen-bond acceptors (Lipinski definition) is 5. The van der Waals surface area contributed by atoms with Crippen LogP contribution in [0.3, 0.4) is 0 Å². The Kier molecular flexibility index (Phi) is 9.58. The molecule has 0 heterocycles. The second-order valence-corrected chi connectivity index (χ2v) is 10.9. The van der Waals surface area contributed by atoms with Crippen molar-refractivity contribution in [1.82, 2.24) is 5.32 Å². The highest BCUT2D eigenvalue weighted by molar-refractivity contribution is 7.85. The van der Waals surface area contributed by atoms with E-state index in [1.807, 2.05) is 18.2 Å². The molecule has 0 aliphatic heterocycles. The lowest BCUT2D eigenvalue weighted by Crippen LogP contribution is -2.34. The molecule has 8 heteroatoms. The molecule has 6 nitrogen and oxygen atoms in total. The third-order valence-electron chi connectivity index (χ3n) is 5.97. The Balaban J connectivity index is 0.000000383. The van der Waals surface area contributed by atoms with E-state index in [0.29, 0.717) is 18.9 Å². The van der Waals surface area contributed by atoms with Gasteiger partial charge in [-0.2, -0.15) is 8.42 Å². The van der Waals surface area contributed by atoms with E-state index in [-0.39, 0.29) is 11.8 Å². The highest BCUT2D eigenvalue weighted by Crippen LogP contribution is 2.36. The zero-order valence-corrected chi connectivity index (χ0v) is 20.7. The van der Waals surface area contributed by atoms with Crippen molar-refractivity contribution in [2.24, 2.45) is 5.73 Å². The van der Waals surface area contributed by atoms with E-state index < -0.39 is 10.1 Å². The van der Waals surface area contributed by atoms with E-state index in [2.05, 4.69) is 29.6 Å². The van der Waals surface area contributed by atoms with Gasteiger partial charge in [-0.15, -0.1) is 0 Å². The van der Waals surface area contributed by atoms with Gasteiger partial charge in [0.15, 0.2) is 0 Å². The van der Waals surface area contributed by atoms with Crippen LogP contribution < -0.4 is 15.8 Å². The number of ether oxygens (including phenoxy) is 1. The molecule has 33 heavy (non-hydrogen) atoms. The number of benzene rings is 2. The second kappa shape index (κ2) is 12.2. The van der Waals surface area contributed by atoms with Crippen LogP contribution in [0.2, 0.25) is 5.02 Å². The number of hydrogen-bond donors (Lipinski definition) is 3. The molecule has 0 aromatic heterocycles. The predicted molar refractivity (Wildman–Crippen MR) is 134 cm³/mol. The number of nitrogens with two attached hydrogens (primary N) is 1. The zero-order chi connectivity index (χ0) is 23.8. The molecule has 2 unspecified atom stereocenters. The molecule has 0 saturated heterocycles. The van der Waals surface area contributed by atoms with Crippen molar-refractivity contribution in [2.75, 3.05) is 18.9 Å². The fourth-order valence-corrected chi connectivity index (χ4v) is 4.87. The molecule has 2 aliphatic rings. The van der Waals surface area contributed by atoms with Crippen LogP contribution >= 0.6 is 11.6 Å². The molecule has 1 fully saturated rings. The maximum atomic E-state index is 9.79. The van der Waals surface area contributed by atoms with Crippen molar-refractivity contribution in [3.63, 3.8) is 0 Å². The minimum absolute atomic E-state index is 0.132. The fourth-order valence-electron chi connectivity index (χ4n) is 4.15. The first-order chi connectivity index (χ1) is 15.7. The van der Waals surface area contributed by atoms with E-state index >= 15 is 0 Å². The fraction of sp³-hybridized carbons (Fsp3) is 0.520. The smallest absolute Gasteiger partial charge is 0.264 e. The van der Waals surface area contributed by atoms with Crippen LogP contribution in [0, 0.1) is 0 Å². The molecule has 182 valence electrons. The molecule has 0 amide bonds. The van der Waals surface area contributed by atoms with Gasteiger partial charge in [0, 0.05) is 29.6 Å². The summed E-state index contributed by atoms with van der Waals surface area (Å²) in [5.74, 6) is 1.13. The predicted octanol–water partition coefficient (Wildman–Crippen LogP) is 4.35. The monoisotopic (exact) mass is 494 g/mol. The Bertz CT molecular complexity index is 1010. The molecule has 2 atom stereocenters. The van der Waals surface area contributed by atoms with Gasteiger partial charge in [-0.1, -0.05) is 36.7 Å². The molecule has 0 spiro atoms.